The molecule has 4 rings (SSSR count). The van der Waals surface area contributed by atoms with Crippen molar-refractivity contribution in [2.75, 3.05) is 20.2 Å². The van der Waals surface area contributed by atoms with E-state index < -0.39 is 18.0 Å². The Morgan fingerprint density at radius 1 is 0.860 bits per heavy atom. The lowest BCUT2D eigenvalue weighted by Crippen LogP contribution is -2.51. The van der Waals surface area contributed by atoms with Crippen LogP contribution in [0.25, 0.3) is 0 Å². The number of carbonyl (C=O) groups is 4. The van der Waals surface area contributed by atoms with Gasteiger partial charge in [-0.05, 0) is 49.8 Å². The van der Waals surface area contributed by atoms with Crippen LogP contribution in [-0.4, -0.2) is 66.9 Å². The summed E-state index contributed by atoms with van der Waals surface area (Å²) >= 11 is 0. The summed E-state index contributed by atoms with van der Waals surface area (Å²) in [5.41, 5.74) is 1.30. The highest BCUT2D eigenvalue weighted by molar-refractivity contribution is 5.99. The zero-order chi connectivity index (χ0) is 30.4. The molecule has 0 aromatic heterocycles. The number of likely N-dealkylation sites (N-methyl/N-ethyl adjacent to an activating group) is 1. The summed E-state index contributed by atoms with van der Waals surface area (Å²) in [5, 5.41) is 8.91. The maximum Gasteiger partial charge on any atom is 0.255 e. The molecule has 1 fully saturated rings. The van der Waals surface area contributed by atoms with Gasteiger partial charge in [0.25, 0.3) is 5.91 Å². The zero-order valence-electron chi connectivity index (χ0n) is 25.3. The molecule has 232 valence electrons. The summed E-state index contributed by atoms with van der Waals surface area (Å²) < 4.78 is 5.98. The molecular formula is C34H46N4O5. The van der Waals surface area contributed by atoms with Crippen molar-refractivity contribution in [3.8, 4) is 5.75 Å². The SMILES string of the molecule is CN1CCCCCCOc2ccccc2C(=O)N[C@H](C(=O)NC2CCCCC2)CCC(=O)N[C@@H](Cc2ccccc2)C1=O. The third kappa shape index (κ3) is 10.1. The van der Waals surface area contributed by atoms with E-state index >= 15 is 0 Å². The summed E-state index contributed by atoms with van der Waals surface area (Å²) in [6, 6.07) is 15.1. The van der Waals surface area contributed by atoms with Crippen molar-refractivity contribution in [2.45, 2.75) is 95.2 Å². The maximum atomic E-state index is 13.5. The Morgan fingerprint density at radius 2 is 1.56 bits per heavy atom. The van der Waals surface area contributed by atoms with Crippen LogP contribution in [0.15, 0.2) is 54.6 Å². The summed E-state index contributed by atoms with van der Waals surface area (Å²) in [6.45, 7) is 1.05. The first-order chi connectivity index (χ1) is 20.9. The molecule has 0 spiro atoms. The second-order valence-corrected chi connectivity index (χ2v) is 11.7. The van der Waals surface area contributed by atoms with E-state index in [1.165, 1.54) is 0 Å². The summed E-state index contributed by atoms with van der Waals surface area (Å²) in [5.74, 6) is -0.732. The molecule has 1 aliphatic carbocycles. The number of hydrogen-bond acceptors (Lipinski definition) is 5. The molecular weight excluding hydrogens is 544 g/mol. The number of benzene rings is 2. The van der Waals surface area contributed by atoms with Crippen molar-refractivity contribution in [3.05, 3.63) is 65.7 Å². The van der Waals surface area contributed by atoms with Crippen LogP contribution in [0.1, 0.15) is 86.6 Å². The van der Waals surface area contributed by atoms with Crippen LogP contribution in [-0.2, 0) is 20.8 Å². The molecule has 0 saturated heterocycles. The van der Waals surface area contributed by atoms with Crippen LogP contribution in [0.2, 0.25) is 0 Å². The minimum absolute atomic E-state index is 0.0243. The summed E-state index contributed by atoms with van der Waals surface area (Å²) in [6.07, 6.45) is 9.01. The van der Waals surface area contributed by atoms with Crippen molar-refractivity contribution >= 4 is 23.6 Å². The lowest BCUT2D eigenvalue weighted by Gasteiger charge is -2.27. The zero-order valence-corrected chi connectivity index (χ0v) is 25.3. The molecule has 43 heavy (non-hydrogen) atoms. The van der Waals surface area contributed by atoms with Gasteiger partial charge in [0.2, 0.25) is 17.7 Å². The second kappa shape index (κ2) is 16.7. The van der Waals surface area contributed by atoms with Gasteiger partial charge in [-0.1, -0.05) is 74.6 Å². The van der Waals surface area contributed by atoms with Gasteiger partial charge in [-0.2, -0.15) is 0 Å². The molecule has 2 aliphatic rings. The van der Waals surface area contributed by atoms with Crippen LogP contribution in [0.3, 0.4) is 0 Å². The van der Waals surface area contributed by atoms with E-state index in [2.05, 4.69) is 16.0 Å². The number of ether oxygens (including phenoxy) is 1. The maximum absolute atomic E-state index is 13.5. The van der Waals surface area contributed by atoms with Crippen LogP contribution >= 0.6 is 0 Å². The highest BCUT2D eigenvalue weighted by Gasteiger charge is 2.28. The van der Waals surface area contributed by atoms with Gasteiger partial charge in [-0.15, -0.1) is 0 Å². The first-order valence-electron chi connectivity index (χ1n) is 15.8. The van der Waals surface area contributed by atoms with Gasteiger partial charge in [-0.3, -0.25) is 19.2 Å². The molecule has 1 saturated carbocycles. The number of nitrogens with zero attached hydrogens (tertiary/aromatic N) is 1. The molecule has 2 atom stereocenters. The van der Waals surface area contributed by atoms with Crippen molar-refractivity contribution < 1.29 is 23.9 Å². The predicted octanol–water partition coefficient (Wildman–Crippen LogP) is 4.15. The largest absolute Gasteiger partial charge is 0.493 e. The minimum atomic E-state index is -0.915. The van der Waals surface area contributed by atoms with E-state index in [0.29, 0.717) is 30.9 Å². The molecule has 9 nitrogen and oxygen atoms in total. The van der Waals surface area contributed by atoms with Crippen LogP contribution < -0.4 is 20.7 Å². The monoisotopic (exact) mass is 590 g/mol. The molecule has 4 amide bonds. The number of carbonyl (C=O) groups excluding carboxylic acids is 4. The predicted molar refractivity (Wildman–Crippen MR) is 166 cm³/mol. The molecule has 2 aromatic rings. The van der Waals surface area contributed by atoms with Crippen LogP contribution in [0.5, 0.6) is 5.75 Å². The number of fused-ring (bicyclic) bond motifs is 1. The second-order valence-electron chi connectivity index (χ2n) is 11.7. The molecule has 0 bridgehead atoms. The Hall–Kier alpha value is -3.88. The molecule has 1 aliphatic heterocycles. The molecule has 0 radical (unpaired) electrons. The number of para-hydroxylation sites is 1. The number of rotatable bonds is 4. The Kier molecular flexibility index (Phi) is 12.4. The average Bonchev–Trinajstić information content (AvgIpc) is 3.02. The van der Waals surface area contributed by atoms with E-state index in [9.17, 15) is 19.2 Å². The van der Waals surface area contributed by atoms with Gasteiger partial charge in [0, 0.05) is 32.5 Å². The van der Waals surface area contributed by atoms with Crippen molar-refractivity contribution in [2.24, 2.45) is 0 Å². The lowest BCUT2D eigenvalue weighted by atomic mass is 9.95. The molecule has 3 N–H and O–H groups in total. The number of amides is 4. The van der Waals surface area contributed by atoms with E-state index in [1.54, 1.807) is 30.1 Å². The topological polar surface area (TPSA) is 117 Å². The quantitative estimate of drug-likeness (QED) is 0.495. The lowest BCUT2D eigenvalue weighted by molar-refractivity contribution is -0.135. The van der Waals surface area contributed by atoms with E-state index in [4.69, 9.17) is 4.74 Å². The van der Waals surface area contributed by atoms with E-state index in [-0.39, 0.29) is 36.6 Å². The van der Waals surface area contributed by atoms with Crippen molar-refractivity contribution in [1.82, 2.24) is 20.9 Å². The van der Waals surface area contributed by atoms with E-state index in [1.807, 2.05) is 36.4 Å². The van der Waals surface area contributed by atoms with Gasteiger partial charge < -0.3 is 25.6 Å². The average molecular weight is 591 g/mol. The molecule has 9 heteroatoms. The molecule has 0 unspecified atom stereocenters. The van der Waals surface area contributed by atoms with Crippen LogP contribution in [0, 0.1) is 0 Å². The third-order valence-corrected chi connectivity index (χ3v) is 8.30. The standard InChI is InChI=1S/C34H46N4O5/c1-38-22-12-2-3-13-23-43-30-19-11-10-18-27(30)32(40)37-28(33(41)35-26-16-8-5-9-17-26)20-21-31(39)36-29(34(38)42)24-25-14-6-4-7-15-25/h4,6-7,10-11,14-15,18-19,26,28-29H,2-3,5,8-9,12-13,16-17,20-24H2,1H3,(H,35,41)(H,36,39)(H,37,40)/t28-,29-/m0/s1. The molecule has 1 heterocycles. The Balaban J connectivity index is 1.53. The fourth-order valence-corrected chi connectivity index (χ4v) is 5.79. The van der Waals surface area contributed by atoms with Gasteiger partial charge >= 0.3 is 0 Å². The molecule has 2 aromatic carbocycles. The smallest absolute Gasteiger partial charge is 0.255 e. The highest BCUT2D eigenvalue weighted by atomic mass is 16.5. The summed E-state index contributed by atoms with van der Waals surface area (Å²) in [7, 11) is 1.77. The number of hydrogen-bond donors (Lipinski definition) is 3. The Morgan fingerprint density at radius 3 is 2.35 bits per heavy atom. The van der Waals surface area contributed by atoms with Gasteiger partial charge in [0.15, 0.2) is 0 Å². The first kappa shape index (κ1) is 32.0. The Bertz CT molecular complexity index is 1210. The third-order valence-electron chi connectivity index (χ3n) is 8.30. The van der Waals surface area contributed by atoms with Crippen molar-refractivity contribution in [1.29, 1.82) is 0 Å². The van der Waals surface area contributed by atoms with E-state index in [0.717, 1.165) is 63.4 Å². The minimum Gasteiger partial charge on any atom is -0.493 e. The van der Waals surface area contributed by atoms with Gasteiger partial charge in [0.05, 0.1) is 12.2 Å². The first-order valence-corrected chi connectivity index (χ1v) is 15.8. The Labute approximate surface area is 255 Å². The summed E-state index contributed by atoms with van der Waals surface area (Å²) in [4.78, 5) is 55.3. The van der Waals surface area contributed by atoms with Gasteiger partial charge in [0.1, 0.15) is 17.8 Å². The highest BCUT2D eigenvalue weighted by Crippen LogP contribution is 2.20. The fourth-order valence-electron chi connectivity index (χ4n) is 5.79. The number of nitrogens with one attached hydrogen (secondary N) is 3. The normalized spacial score (nSPS) is 22.1. The van der Waals surface area contributed by atoms with Gasteiger partial charge in [-0.25, -0.2) is 0 Å². The van der Waals surface area contributed by atoms with Crippen molar-refractivity contribution in [3.63, 3.8) is 0 Å². The fraction of sp³-hybridized carbons (Fsp3) is 0.529. The van der Waals surface area contributed by atoms with Crippen LogP contribution in [0.4, 0.5) is 0 Å².